The minimum absolute atomic E-state index is 0.234. The second-order valence-corrected chi connectivity index (χ2v) is 7.23. The number of H-pyrrole nitrogens is 1. The predicted molar refractivity (Wildman–Crippen MR) is 108 cm³/mol. The van der Waals surface area contributed by atoms with E-state index in [9.17, 15) is 4.79 Å². The zero-order chi connectivity index (χ0) is 18.6. The molecule has 1 N–H and O–H groups in total. The van der Waals surface area contributed by atoms with E-state index in [0.29, 0.717) is 13.0 Å². The highest BCUT2D eigenvalue weighted by atomic mass is 16.5. The lowest BCUT2D eigenvalue weighted by Gasteiger charge is -2.20. The summed E-state index contributed by atoms with van der Waals surface area (Å²) in [4.78, 5) is 18.2. The van der Waals surface area contributed by atoms with Crippen LogP contribution >= 0.6 is 0 Å². The second kappa shape index (κ2) is 7.87. The van der Waals surface area contributed by atoms with Gasteiger partial charge in [0.25, 0.3) is 0 Å². The van der Waals surface area contributed by atoms with Crippen LogP contribution in [0.25, 0.3) is 10.9 Å². The Kier molecular flexibility index (Phi) is 5.14. The third-order valence-electron chi connectivity index (χ3n) is 5.40. The van der Waals surface area contributed by atoms with Crippen LogP contribution in [0.1, 0.15) is 29.7 Å². The average molecular weight is 362 g/mol. The molecule has 1 amide bonds. The number of fused-ring (bicyclic) bond motifs is 3. The lowest BCUT2D eigenvalue weighted by atomic mass is 10.1. The highest BCUT2D eigenvalue weighted by molar-refractivity contribution is 5.85. The smallest absolute Gasteiger partial charge is 0.222 e. The van der Waals surface area contributed by atoms with Crippen molar-refractivity contribution in [3.63, 3.8) is 0 Å². The molecule has 0 aliphatic carbocycles. The number of amides is 1. The van der Waals surface area contributed by atoms with E-state index in [1.54, 1.807) is 0 Å². The number of carbonyl (C=O) groups excluding carboxylic acids is 1. The summed E-state index contributed by atoms with van der Waals surface area (Å²) in [7, 11) is 0. The number of aryl methyl sites for hydroxylation is 1. The van der Waals surface area contributed by atoms with E-state index in [4.69, 9.17) is 4.74 Å². The van der Waals surface area contributed by atoms with Gasteiger partial charge in [-0.3, -0.25) is 4.79 Å². The molecule has 3 aromatic rings. The van der Waals surface area contributed by atoms with E-state index in [-0.39, 0.29) is 5.91 Å². The lowest BCUT2D eigenvalue weighted by Crippen LogP contribution is -2.33. The number of carbonyl (C=O) groups is 1. The van der Waals surface area contributed by atoms with Crippen LogP contribution in [-0.2, 0) is 17.6 Å². The van der Waals surface area contributed by atoms with Crippen LogP contribution in [0.3, 0.4) is 0 Å². The Morgan fingerprint density at radius 2 is 1.85 bits per heavy atom. The van der Waals surface area contributed by atoms with E-state index in [1.807, 2.05) is 36.1 Å². The Labute approximate surface area is 160 Å². The molecule has 1 aliphatic rings. The Hall–Kier alpha value is -2.75. The average Bonchev–Trinajstić information content (AvgIpc) is 2.90. The van der Waals surface area contributed by atoms with Crippen LogP contribution in [0, 0.1) is 6.92 Å². The van der Waals surface area contributed by atoms with Crippen molar-refractivity contribution >= 4 is 16.8 Å². The molecule has 0 spiro atoms. The van der Waals surface area contributed by atoms with Crippen molar-refractivity contribution in [3.05, 3.63) is 65.4 Å². The number of nitrogens with zero attached hydrogens (tertiary/aromatic N) is 1. The van der Waals surface area contributed by atoms with Gasteiger partial charge in [0.2, 0.25) is 5.91 Å². The summed E-state index contributed by atoms with van der Waals surface area (Å²) in [6, 6.07) is 16.4. The molecule has 0 saturated heterocycles. The minimum atomic E-state index is 0.234. The van der Waals surface area contributed by atoms with Gasteiger partial charge in [0.05, 0.1) is 6.61 Å². The Bertz CT molecular complexity index is 944. The van der Waals surface area contributed by atoms with Crippen molar-refractivity contribution in [1.29, 1.82) is 0 Å². The summed E-state index contributed by atoms with van der Waals surface area (Å²) in [5.74, 6) is 1.14. The number of ether oxygens (including phenoxy) is 1. The van der Waals surface area contributed by atoms with Gasteiger partial charge in [0.1, 0.15) is 5.75 Å². The summed E-state index contributed by atoms with van der Waals surface area (Å²) >= 11 is 0. The molecular formula is C23H26N2O2. The zero-order valence-corrected chi connectivity index (χ0v) is 15.8. The van der Waals surface area contributed by atoms with Gasteiger partial charge in [0, 0.05) is 42.5 Å². The van der Waals surface area contributed by atoms with Gasteiger partial charge in [0.15, 0.2) is 0 Å². The molecule has 0 saturated carbocycles. The molecule has 140 valence electrons. The maximum absolute atomic E-state index is 12.6. The van der Waals surface area contributed by atoms with E-state index in [1.165, 1.54) is 22.2 Å². The second-order valence-electron chi connectivity index (χ2n) is 7.23. The van der Waals surface area contributed by atoms with Gasteiger partial charge in [-0.05, 0) is 43.0 Å². The molecule has 0 fully saturated rings. The molecule has 0 atom stereocenters. The largest absolute Gasteiger partial charge is 0.493 e. The van der Waals surface area contributed by atoms with Crippen molar-refractivity contribution in [2.24, 2.45) is 0 Å². The molecule has 4 nitrogen and oxygen atoms in total. The van der Waals surface area contributed by atoms with Gasteiger partial charge in [-0.15, -0.1) is 0 Å². The number of para-hydroxylation sites is 2. The fraction of sp³-hybridized carbons (Fsp3) is 0.348. The standard InChI is InChI=1S/C23H26N2O2/c1-17-7-2-5-10-22(17)27-16-6-11-23(26)25-14-12-19-18-8-3-4-9-20(18)24-21(19)13-15-25/h2-5,7-10,24H,6,11-16H2,1H3. The highest BCUT2D eigenvalue weighted by Crippen LogP contribution is 2.26. The number of aromatic nitrogens is 1. The van der Waals surface area contributed by atoms with Crippen LogP contribution in [0.4, 0.5) is 0 Å². The first kappa shape index (κ1) is 17.7. The normalized spacial score (nSPS) is 14.0. The monoisotopic (exact) mass is 362 g/mol. The SMILES string of the molecule is Cc1ccccc1OCCCC(=O)N1CCc2[nH]c3ccccc3c2CC1. The maximum atomic E-state index is 12.6. The molecule has 4 rings (SSSR count). The Morgan fingerprint density at radius 1 is 1.07 bits per heavy atom. The van der Waals surface area contributed by atoms with Crippen molar-refractivity contribution in [2.45, 2.75) is 32.6 Å². The van der Waals surface area contributed by atoms with Crippen LogP contribution in [0.5, 0.6) is 5.75 Å². The van der Waals surface area contributed by atoms with Gasteiger partial charge in [-0.1, -0.05) is 36.4 Å². The summed E-state index contributed by atoms with van der Waals surface area (Å²) < 4.78 is 5.81. The lowest BCUT2D eigenvalue weighted by molar-refractivity contribution is -0.131. The molecule has 1 aliphatic heterocycles. The quantitative estimate of drug-likeness (QED) is 0.689. The fourth-order valence-corrected chi connectivity index (χ4v) is 3.89. The van der Waals surface area contributed by atoms with E-state index >= 15 is 0 Å². The molecule has 2 heterocycles. The molecule has 2 aromatic carbocycles. The Balaban J connectivity index is 1.29. The highest BCUT2D eigenvalue weighted by Gasteiger charge is 2.21. The maximum Gasteiger partial charge on any atom is 0.222 e. The van der Waals surface area contributed by atoms with Gasteiger partial charge in [-0.25, -0.2) is 0 Å². The third-order valence-corrected chi connectivity index (χ3v) is 5.40. The van der Waals surface area contributed by atoms with Crippen molar-refractivity contribution < 1.29 is 9.53 Å². The predicted octanol–water partition coefficient (Wildman–Crippen LogP) is 4.26. The summed E-state index contributed by atoms with van der Waals surface area (Å²) in [6.45, 7) is 4.20. The van der Waals surface area contributed by atoms with E-state index < -0.39 is 0 Å². The first-order chi connectivity index (χ1) is 13.2. The molecule has 27 heavy (non-hydrogen) atoms. The summed E-state index contributed by atoms with van der Waals surface area (Å²) in [5.41, 5.74) is 5.00. The molecule has 0 unspecified atom stereocenters. The summed E-state index contributed by atoms with van der Waals surface area (Å²) in [5, 5.41) is 1.30. The molecular weight excluding hydrogens is 336 g/mol. The molecule has 4 heteroatoms. The molecule has 0 bridgehead atoms. The van der Waals surface area contributed by atoms with Crippen molar-refractivity contribution in [3.8, 4) is 5.75 Å². The fourth-order valence-electron chi connectivity index (χ4n) is 3.89. The summed E-state index contributed by atoms with van der Waals surface area (Å²) in [6.07, 6.45) is 3.11. The number of hydrogen-bond acceptors (Lipinski definition) is 2. The van der Waals surface area contributed by atoms with Gasteiger partial charge in [-0.2, -0.15) is 0 Å². The molecule has 0 radical (unpaired) electrons. The Morgan fingerprint density at radius 3 is 2.74 bits per heavy atom. The van der Waals surface area contributed by atoms with E-state index in [0.717, 1.165) is 43.7 Å². The van der Waals surface area contributed by atoms with Crippen LogP contribution in [0.2, 0.25) is 0 Å². The van der Waals surface area contributed by atoms with Crippen LogP contribution in [-0.4, -0.2) is 35.5 Å². The first-order valence-electron chi connectivity index (χ1n) is 9.77. The van der Waals surface area contributed by atoms with Crippen molar-refractivity contribution in [1.82, 2.24) is 9.88 Å². The van der Waals surface area contributed by atoms with Crippen LogP contribution in [0.15, 0.2) is 48.5 Å². The van der Waals surface area contributed by atoms with Gasteiger partial charge >= 0.3 is 0 Å². The number of nitrogens with one attached hydrogen (secondary N) is 1. The molecule has 1 aromatic heterocycles. The zero-order valence-electron chi connectivity index (χ0n) is 15.8. The number of rotatable bonds is 5. The number of aromatic amines is 1. The third kappa shape index (κ3) is 3.85. The number of hydrogen-bond donors (Lipinski definition) is 1. The first-order valence-corrected chi connectivity index (χ1v) is 9.77. The van der Waals surface area contributed by atoms with E-state index in [2.05, 4.69) is 29.2 Å². The van der Waals surface area contributed by atoms with Gasteiger partial charge < -0.3 is 14.6 Å². The minimum Gasteiger partial charge on any atom is -0.493 e. The topological polar surface area (TPSA) is 45.3 Å². The van der Waals surface area contributed by atoms with Crippen LogP contribution < -0.4 is 4.74 Å². The van der Waals surface area contributed by atoms with Crippen molar-refractivity contribution in [2.75, 3.05) is 19.7 Å². The number of benzene rings is 2.